The Morgan fingerprint density at radius 3 is 1.73 bits per heavy atom. The summed E-state index contributed by atoms with van der Waals surface area (Å²) in [5.41, 5.74) is 17.8. The Bertz CT molecular complexity index is 2970. The summed E-state index contributed by atoms with van der Waals surface area (Å²) in [5, 5.41) is 7.27. The van der Waals surface area contributed by atoms with Crippen LogP contribution >= 0.6 is 0 Å². The first kappa shape index (κ1) is 30.1. The minimum Gasteiger partial charge on any atom is -0.320 e. The number of rotatable bonds is 6. The molecule has 10 rings (SSSR count). The second-order valence-electron chi connectivity index (χ2n) is 13.4. The Morgan fingerprint density at radius 1 is 0.442 bits per heavy atom. The summed E-state index contributed by atoms with van der Waals surface area (Å²) in [4.78, 5) is 5.04. The molecule has 0 radical (unpaired) electrons. The van der Waals surface area contributed by atoms with Crippen molar-refractivity contribution in [2.75, 3.05) is 0 Å². The van der Waals surface area contributed by atoms with Crippen LogP contribution in [-0.4, -0.2) is 15.3 Å². The van der Waals surface area contributed by atoms with Crippen LogP contribution in [0.25, 0.3) is 65.8 Å². The van der Waals surface area contributed by atoms with Gasteiger partial charge in [-0.2, -0.15) is 0 Å². The van der Waals surface area contributed by atoms with Gasteiger partial charge in [-0.1, -0.05) is 133 Å². The Labute approximate surface area is 301 Å². The summed E-state index contributed by atoms with van der Waals surface area (Å²) in [5.74, 6) is 0. The third kappa shape index (κ3) is 4.77. The molecule has 4 nitrogen and oxygen atoms in total. The number of aromatic nitrogens is 2. The molecule has 2 heterocycles. The first-order valence-electron chi connectivity index (χ1n) is 17.7. The van der Waals surface area contributed by atoms with Crippen molar-refractivity contribution in [3.8, 4) is 11.4 Å². The van der Waals surface area contributed by atoms with Crippen LogP contribution in [0, 0.1) is 0 Å². The number of nitrogens with two attached hydrogens (primary N) is 1. The Morgan fingerprint density at radius 2 is 1.00 bits per heavy atom. The van der Waals surface area contributed by atoms with Gasteiger partial charge < -0.3 is 14.9 Å². The fourth-order valence-electron chi connectivity index (χ4n) is 8.01. The number of aliphatic imine (C=N–C) groups is 1. The van der Waals surface area contributed by atoms with E-state index in [1.165, 1.54) is 43.6 Å². The fraction of sp³-hybridized carbons (Fsp3) is 0.0208. The van der Waals surface area contributed by atoms with E-state index in [-0.39, 0.29) is 6.04 Å². The van der Waals surface area contributed by atoms with Crippen molar-refractivity contribution in [1.29, 1.82) is 0 Å². The van der Waals surface area contributed by atoms with E-state index in [1.54, 1.807) is 0 Å². The molecule has 52 heavy (non-hydrogen) atoms. The van der Waals surface area contributed by atoms with E-state index in [0.29, 0.717) is 0 Å². The van der Waals surface area contributed by atoms with E-state index in [2.05, 4.69) is 155 Å². The zero-order valence-corrected chi connectivity index (χ0v) is 28.4. The van der Waals surface area contributed by atoms with Crippen molar-refractivity contribution >= 4 is 66.3 Å². The van der Waals surface area contributed by atoms with Gasteiger partial charge in [0.1, 0.15) is 0 Å². The fourth-order valence-corrected chi connectivity index (χ4v) is 8.01. The number of para-hydroxylation sites is 4. The van der Waals surface area contributed by atoms with E-state index >= 15 is 0 Å². The van der Waals surface area contributed by atoms with Crippen molar-refractivity contribution in [1.82, 2.24) is 9.13 Å². The first-order chi connectivity index (χ1) is 25.7. The van der Waals surface area contributed by atoms with Gasteiger partial charge in [-0.15, -0.1) is 0 Å². The lowest BCUT2D eigenvalue weighted by atomic mass is 9.98. The molecule has 4 heteroatoms. The number of benzene rings is 8. The van der Waals surface area contributed by atoms with Crippen LogP contribution in [0.2, 0.25) is 0 Å². The van der Waals surface area contributed by atoms with E-state index in [9.17, 15) is 0 Å². The first-order valence-corrected chi connectivity index (χ1v) is 17.7. The molecule has 1 unspecified atom stereocenters. The molecule has 2 N–H and O–H groups in total. The molecule has 0 saturated carbocycles. The van der Waals surface area contributed by atoms with Crippen LogP contribution in [0.15, 0.2) is 187 Å². The molecule has 0 aliphatic heterocycles. The molecule has 0 aliphatic rings. The van der Waals surface area contributed by atoms with Gasteiger partial charge >= 0.3 is 0 Å². The maximum atomic E-state index is 6.76. The molecule has 10 aromatic rings. The number of nitrogens with zero attached hydrogens (tertiary/aromatic N) is 3. The van der Waals surface area contributed by atoms with Gasteiger partial charge in [0, 0.05) is 44.4 Å². The van der Waals surface area contributed by atoms with Gasteiger partial charge in [0.2, 0.25) is 0 Å². The summed E-state index contributed by atoms with van der Waals surface area (Å²) in [7, 11) is 0. The van der Waals surface area contributed by atoms with Gasteiger partial charge in [0.05, 0.1) is 39.5 Å². The Kier molecular flexibility index (Phi) is 7.08. The van der Waals surface area contributed by atoms with Crippen molar-refractivity contribution in [3.63, 3.8) is 0 Å². The molecule has 0 spiro atoms. The maximum Gasteiger partial charge on any atom is 0.0681 e. The van der Waals surface area contributed by atoms with Gasteiger partial charge in [-0.3, -0.25) is 4.99 Å². The zero-order chi connectivity index (χ0) is 34.6. The summed E-state index contributed by atoms with van der Waals surface area (Å²) in [6.07, 6.45) is 1.98. The van der Waals surface area contributed by atoms with Crippen molar-refractivity contribution < 1.29 is 0 Å². The molecule has 0 aliphatic carbocycles. The molecule has 1 atom stereocenters. The SMILES string of the molecule is NC(c1ccccc1)c1ccccc1N=Cc1ccc(-n2c3ccccc3c3cc4c5ccccc5n(-c5ccccc5)c4cc32)c2ccccc12. The van der Waals surface area contributed by atoms with Crippen LogP contribution in [-0.2, 0) is 0 Å². The largest absolute Gasteiger partial charge is 0.320 e. The lowest BCUT2D eigenvalue weighted by Gasteiger charge is -2.15. The van der Waals surface area contributed by atoms with E-state index in [4.69, 9.17) is 10.7 Å². The topological polar surface area (TPSA) is 48.2 Å². The average Bonchev–Trinajstić information content (AvgIpc) is 3.71. The van der Waals surface area contributed by atoms with Crippen LogP contribution < -0.4 is 5.73 Å². The average molecular weight is 667 g/mol. The normalized spacial score (nSPS) is 12.6. The number of hydrogen-bond acceptors (Lipinski definition) is 2. The number of hydrogen-bond donors (Lipinski definition) is 1. The minimum atomic E-state index is -0.268. The molecule has 2 aromatic heterocycles. The molecule has 0 bridgehead atoms. The van der Waals surface area contributed by atoms with E-state index in [0.717, 1.165) is 44.5 Å². The van der Waals surface area contributed by atoms with Crippen LogP contribution in [0.3, 0.4) is 0 Å². The highest BCUT2D eigenvalue weighted by Crippen LogP contribution is 2.41. The predicted molar refractivity (Wildman–Crippen MR) is 219 cm³/mol. The second kappa shape index (κ2) is 12.2. The van der Waals surface area contributed by atoms with Gasteiger partial charge in [0.15, 0.2) is 0 Å². The van der Waals surface area contributed by atoms with Gasteiger partial charge in [-0.25, -0.2) is 0 Å². The van der Waals surface area contributed by atoms with Crippen molar-refractivity contribution in [3.05, 3.63) is 199 Å². The quantitative estimate of drug-likeness (QED) is 0.176. The summed E-state index contributed by atoms with van der Waals surface area (Å²) in [6, 6.07) is 64.1. The molecule has 246 valence electrons. The Hall–Kier alpha value is -6.75. The molecule has 0 saturated heterocycles. The monoisotopic (exact) mass is 666 g/mol. The predicted octanol–water partition coefficient (Wildman–Crippen LogP) is 11.8. The molecule has 0 amide bonds. The lowest BCUT2D eigenvalue weighted by molar-refractivity contribution is 0.872. The van der Waals surface area contributed by atoms with Crippen molar-refractivity contribution in [2.45, 2.75) is 6.04 Å². The molecule has 0 fully saturated rings. The third-order valence-electron chi connectivity index (χ3n) is 10.4. The van der Waals surface area contributed by atoms with E-state index in [1.807, 2.05) is 42.6 Å². The van der Waals surface area contributed by atoms with Crippen molar-refractivity contribution in [2.24, 2.45) is 10.7 Å². The van der Waals surface area contributed by atoms with Crippen LogP contribution in [0.5, 0.6) is 0 Å². The van der Waals surface area contributed by atoms with Gasteiger partial charge in [0.25, 0.3) is 0 Å². The highest BCUT2D eigenvalue weighted by atomic mass is 15.0. The summed E-state index contributed by atoms with van der Waals surface area (Å²) < 4.78 is 4.83. The molecular weight excluding hydrogens is 633 g/mol. The molecule has 8 aromatic carbocycles. The number of fused-ring (bicyclic) bond motifs is 7. The van der Waals surface area contributed by atoms with Crippen LogP contribution in [0.1, 0.15) is 22.7 Å². The maximum absolute atomic E-state index is 6.76. The highest BCUT2D eigenvalue weighted by molar-refractivity contribution is 6.20. The standard InChI is InChI=1S/C48H34N4/c49-48(32-15-3-1-4-16-32)39-23-9-12-24-42(39)50-31-33-27-28-45(36-20-8-7-19-35(33)36)52-44-26-14-11-22-38(44)41-29-40-37-21-10-13-25-43(37)51(46(40)30-47(41)52)34-17-5-2-6-18-34/h1-31,48H,49H2. The van der Waals surface area contributed by atoms with Gasteiger partial charge in [-0.05, 0) is 65.0 Å². The lowest BCUT2D eigenvalue weighted by Crippen LogP contribution is -2.11. The minimum absolute atomic E-state index is 0.268. The zero-order valence-electron chi connectivity index (χ0n) is 28.4. The Balaban J connectivity index is 1.17. The summed E-state index contributed by atoms with van der Waals surface area (Å²) >= 11 is 0. The molecular formula is C48H34N4. The van der Waals surface area contributed by atoms with E-state index < -0.39 is 0 Å². The third-order valence-corrected chi connectivity index (χ3v) is 10.4. The van der Waals surface area contributed by atoms with Crippen LogP contribution in [0.4, 0.5) is 5.69 Å². The smallest absolute Gasteiger partial charge is 0.0681 e. The second-order valence-corrected chi connectivity index (χ2v) is 13.4. The summed E-state index contributed by atoms with van der Waals surface area (Å²) in [6.45, 7) is 0. The highest BCUT2D eigenvalue weighted by Gasteiger charge is 2.20.